The Kier molecular flexibility index (Phi) is 4.42. The SMILES string of the molecule is CC(=O)N1CC[C@H](Cc2cccc(NC3CCCC3)n2)C1. The number of anilines is 1. The summed E-state index contributed by atoms with van der Waals surface area (Å²) in [5.41, 5.74) is 1.15. The molecule has 0 aromatic carbocycles. The van der Waals surface area contributed by atoms with E-state index < -0.39 is 0 Å². The highest BCUT2D eigenvalue weighted by atomic mass is 16.2. The van der Waals surface area contributed by atoms with Crippen molar-refractivity contribution >= 4 is 11.7 Å². The van der Waals surface area contributed by atoms with Gasteiger partial charge in [0.15, 0.2) is 0 Å². The first-order chi connectivity index (χ1) is 10.2. The lowest BCUT2D eigenvalue weighted by Crippen LogP contribution is -2.26. The maximum absolute atomic E-state index is 11.4. The van der Waals surface area contributed by atoms with Gasteiger partial charge in [-0.3, -0.25) is 4.79 Å². The van der Waals surface area contributed by atoms with Crippen LogP contribution in [-0.4, -0.2) is 34.9 Å². The summed E-state index contributed by atoms with van der Waals surface area (Å²) in [6.07, 6.45) is 7.27. The van der Waals surface area contributed by atoms with Crippen molar-refractivity contribution in [1.82, 2.24) is 9.88 Å². The number of amides is 1. The summed E-state index contributed by atoms with van der Waals surface area (Å²) in [4.78, 5) is 18.1. The van der Waals surface area contributed by atoms with Gasteiger partial charge in [-0.1, -0.05) is 18.9 Å². The van der Waals surface area contributed by atoms with Gasteiger partial charge in [0.25, 0.3) is 0 Å². The summed E-state index contributed by atoms with van der Waals surface area (Å²) in [5, 5.41) is 3.56. The van der Waals surface area contributed by atoms with E-state index in [9.17, 15) is 4.79 Å². The third-order valence-corrected chi connectivity index (χ3v) is 4.74. The molecule has 1 aromatic rings. The van der Waals surface area contributed by atoms with Gasteiger partial charge >= 0.3 is 0 Å². The van der Waals surface area contributed by atoms with E-state index >= 15 is 0 Å². The Morgan fingerprint density at radius 1 is 1.33 bits per heavy atom. The van der Waals surface area contributed by atoms with E-state index in [2.05, 4.69) is 23.5 Å². The second-order valence-corrected chi connectivity index (χ2v) is 6.46. The number of nitrogens with one attached hydrogen (secondary N) is 1. The first-order valence-corrected chi connectivity index (χ1v) is 8.18. The molecule has 1 saturated carbocycles. The van der Waals surface area contributed by atoms with Crippen molar-refractivity contribution in [3.05, 3.63) is 23.9 Å². The molecule has 1 aromatic heterocycles. The van der Waals surface area contributed by atoms with Crippen LogP contribution in [-0.2, 0) is 11.2 Å². The molecule has 1 atom stereocenters. The van der Waals surface area contributed by atoms with Crippen LogP contribution in [0.25, 0.3) is 0 Å². The maximum atomic E-state index is 11.4. The van der Waals surface area contributed by atoms with Crippen molar-refractivity contribution in [2.75, 3.05) is 18.4 Å². The molecule has 4 heteroatoms. The average Bonchev–Trinajstić information content (AvgIpc) is 3.11. The molecule has 1 saturated heterocycles. The van der Waals surface area contributed by atoms with Crippen LogP contribution in [0.1, 0.15) is 44.7 Å². The zero-order valence-corrected chi connectivity index (χ0v) is 12.8. The number of rotatable bonds is 4. The Balaban J connectivity index is 1.57. The Labute approximate surface area is 126 Å². The Morgan fingerprint density at radius 3 is 2.86 bits per heavy atom. The number of nitrogens with zero attached hydrogens (tertiary/aromatic N) is 2. The van der Waals surface area contributed by atoms with Crippen molar-refractivity contribution in [3.8, 4) is 0 Å². The minimum atomic E-state index is 0.196. The Bertz CT molecular complexity index is 497. The van der Waals surface area contributed by atoms with Gasteiger partial charge in [-0.05, 0) is 43.7 Å². The summed E-state index contributed by atoms with van der Waals surface area (Å²) in [6.45, 7) is 3.45. The van der Waals surface area contributed by atoms with Crippen LogP contribution in [0.3, 0.4) is 0 Å². The number of likely N-dealkylation sites (tertiary alicyclic amines) is 1. The van der Waals surface area contributed by atoms with Crippen LogP contribution in [0.4, 0.5) is 5.82 Å². The van der Waals surface area contributed by atoms with Crippen molar-refractivity contribution in [1.29, 1.82) is 0 Å². The molecule has 0 spiro atoms. The number of hydrogen-bond donors (Lipinski definition) is 1. The zero-order valence-electron chi connectivity index (χ0n) is 12.8. The fourth-order valence-electron chi connectivity index (χ4n) is 3.53. The monoisotopic (exact) mass is 287 g/mol. The maximum Gasteiger partial charge on any atom is 0.219 e. The Hall–Kier alpha value is -1.58. The third-order valence-electron chi connectivity index (χ3n) is 4.74. The predicted octanol–water partition coefficient (Wildman–Crippen LogP) is 2.85. The minimum absolute atomic E-state index is 0.196. The normalized spacial score (nSPS) is 22.7. The lowest BCUT2D eigenvalue weighted by Gasteiger charge is -2.15. The van der Waals surface area contributed by atoms with E-state index in [1.807, 2.05) is 4.90 Å². The van der Waals surface area contributed by atoms with Crippen LogP contribution in [0, 0.1) is 5.92 Å². The van der Waals surface area contributed by atoms with Crippen LogP contribution >= 0.6 is 0 Å². The van der Waals surface area contributed by atoms with E-state index in [-0.39, 0.29) is 5.91 Å². The van der Waals surface area contributed by atoms with E-state index in [0.29, 0.717) is 12.0 Å². The molecule has 1 N–H and O–H groups in total. The topological polar surface area (TPSA) is 45.2 Å². The molecule has 4 nitrogen and oxygen atoms in total. The third kappa shape index (κ3) is 3.74. The van der Waals surface area contributed by atoms with Crippen molar-refractivity contribution in [3.63, 3.8) is 0 Å². The minimum Gasteiger partial charge on any atom is -0.367 e. The van der Waals surface area contributed by atoms with Gasteiger partial charge in [-0.15, -0.1) is 0 Å². The first-order valence-electron chi connectivity index (χ1n) is 8.18. The van der Waals surface area contributed by atoms with Crippen LogP contribution in [0.2, 0.25) is 0 Å². The van der Waals surface area contributed by atoms with Crippen LogP contribution in [0.15, 0.2) is 18.2 Å². The van der Waals surface area contributed by atoms with E-state index in [4.69, 9.17) is 4.98 Å². The van der Waals surface area contributed by atoms with Crippen molar-refractivity contribution in [2.45, 2.75) is 51.5 Å². The molecule has 2 fully saturated rings. The summed E-state index contributed by atoms with van der Waals surface area (Å²) >= 11 is 0. The molecule has 1 aliphatic carbocycles. The van der Waals surface area contributed by atoms with Gasteiger partial charge in [-0.25, -0.2) is 4.98 Å². The molecule has 0 radical (unpaired) electrons. The molecule has 0 bridgehead atoms. The molecule has 114 valence electrons. The number of pyridine rings is 1. The van der Waals surface area contributed by atoms with Gasteiger partial charge in [0.1, 0.15) is 5.82 Å². The first kappa shape index (κ1) is 14.4. The molecule has 2 heterocycles. The lowest BCUT2D eigenvalue weighted by atomic mass is 10.0. The second kappa shape index (κ2) is 6.46. The Morgan fingerprint density at radius 2 is 2.14 bits per heavy atom. The quantitative estimate of drug-likeness (QED) is 0.926. The molecule has 1 amide bonds. The van der Waals surface area contributed by atoms with Gasteiger partial charge in [-0.2, -0.15) is 0 Å². The summed E-state index contributed by atoms with van der Waals surface area (Å²) in [7, 11) is 0. The van der Waals surface area contributed by atoms with Crippen molar-refractivity contribution < 1.29 is 4.79 Å². The smallest absolute Gasteiger partial charge is 0.219 e. The number of carbonyl (C=O) groups excluding carboxylic acids is 1. The van der Waals surface area contributed by atoms with E-state index in [0.717, 1.165) is 37.4 Å². The molecule has 0 unspecified atom stereocenters. The molecular weight excluding hydrogens is 262 g/mol. The van der Waals surface area contributed by atoms with Crippen LogP contribution < -0.4 is 5.32 Å². The largest absolute Gasteiger partial charge is 0.367 e. The highest BCUT2D eigenvalue weighted by molar-refractivity contribution is 5.73. The van der Waals surface area contributed by atoms with Gasteiger partial charge in [0.2, 0.25) is 5.91 Å². The highest BCUT2D eigenvalue weighted by Crippen LogP contribution is 2.23. The molecule has 2 aliphatic rings. The lowest BCUT2D eigenvalue weighted by molar-refractivity contribution is -0.127. The predicted molar refractivity (Wildman–Crippen MR) is 84.2 cm³/mol. The molecule has 1 aliphatic heterocycles. The zero-order chi connectivity index (χ0) is 14.7. The highest BCUT2D eigenvalue weighted by Gasteiger charge is 2.24. The second-order valence-electron chi connectivity index (χ2n) is 6.46. The number of hydrogen-bond acceptors (Lipinski definition) is 3. The molecule has 21 heavy (non-hydrogen) atoms. The van der Waals surface area contributed by atoms with Crippen LogP contribution in [0.5, 0.6) is 0 Å². The fraction of sp³-hybridized carbons (Fsp3) is 0.647. The summed E-state index contributed by atoms with van der Waals surface area (Å²) in [6, 6.07) is 6.87. The fourth-order valence-corrected chi connectivity index (χ4v) is 3.53. The van der Waals surface area contributed by atoms with E-state index in [1.165, 1.54) is 25.7 Å². The molecular formula is C17H25N3O. The number of aromatic nitrogens is 1. The van der Waals surface area contributed by atoms with Gasteiger partial charge < -0.3 is 10.2 Å². The summed E-state index contributed by atoms with van der Waals surface area (Å²) in [5.74, 6) is 1.77. The van der Waals surface area contributed by atoms with Crippen molar-refractivity contribution in [2.24, 2.45) is 5.92 Å². The molecule has 3 rings (SSSR count). The number of carbonyl (C=O) groups is 1. The van der Waals surface area contributed by atoms with E-state index in [1.54, 1.807) is 6.92 Å². The van der Waals surface area contributed by atoms with Gasteiger partial charge in [0, 0.05) is 31.7 Å². The standard InChI is InChI=1S/C17H25N3O/c1-13(21)20-10-9-14(12-20)11-16-7-4-8-17(19-16)18-15-5-2-3-6-15/h4,7-8,14-15H,2-3,5-6,9-12H2,1H3,(H,18,19)/t14-/m1/s1. The summed E-state index contributed by atoms with van der Waals surface area (Å²) < 4.78 is 0. The average molecular weight is 287 g/mol. The van der Waals surface area contributed by atoms with Gasteiger partial charge in [0.05, 0.1) is 0 Å².